The minimum atomic E-state index is -0.826. The number of rotatable bonds is 6. The van der Waals surface area contributed by atoms with Gasteiger partial charge in [-0.05, 0) is 46.7 Å². The van der Waals surface area contributed by atoms with Gasteiger partial charge in [0, 0.05) is 6.54 Å². The third kappa shape index (κ3) is 5.51. The van der Waals surface area contributed by atoms with Gasteiger partial charge in [0.15, 0.2) is 11.5 Å². The minimum Gasteiger partial charge on any atom is -0.504 e. The minimum absolute atomic E-state index is 0.0413. The molecule has 0 spiro atoms. The summed E-state index contributed by atoms with van der Waals surface area (Å²) in [5.41, 5.74) is 2.76. The number of hydrazone groups is 1. The molecule has 0 unspecified atom stereocenters. The van der Waals surface area contributed by atoms with Crippen LogP contribution in [-0.2, 0) is 9.59 Å². The van der Waals surface area contributed by atoms with Crippen molar-refractivity contribution < 1.29 is 19.4 Å². The summed E-state index contributed by atoms with van der Waals surface area (Å²) < 4.78 is 5.60. The summed E-state index contributed by atoms with van der Waals surface area (Å²) in [6.07, 6.45) is 3.11. The summed E-state index contributed by atoms with van der Waals surface area (Å²) in [5, 5.41) is 15.9. The standard InChI is InChI=1S/C14H18IN3O4/c1-3-4-5-16-13(20)14(21)18-17-8-9-6-10(15)12(19)11(7-9)22-2/h6-8,19H,3-5H2,1-2H3,(H,16,20)(H,18,21)/b17-8-. The van der Waals surface area contributed by atoms with E-state index >= 15 is 0 Å². The number of nitrogens with zero attached hydrogens (tertiary/aromatic N) is 1. The van der Waals surface area contributed by atoms with Crippen molar-refractivity contribution >= 4 is 40.6 Å². The van der Waals surface area contributed by atoms with Crippen molar-refractivity contribution in [3.05, 3.63) is 21.3 Å². The number of phenols is 1. The highest BCUT2D eigenvalue weighted by Gasteiger charge is 2.11. The number of phenolic OH excluding ortho intramolecular Hbond substituents is 1. The normalized spacial score (nSPS) is 10.5. The zero-order valence-corrected chi connectivity index (χ0v) is 14.5. The van der Waals surface area contributed by atoms with Crippen LogP contribution in [0.2, 0.25) is 0 Å². The van der Waals surface area contributed by atoms with Gasteiger partial charge in [0.2, 0.25) is 0 Å². The average molecular weight is 419 g/mol. The number of unbranched alkanes of at least 4 members (excludes halogenated alkanes) is 1. The predicted molar refractivity (Wildman–Crippen MR) is 91.0 cm³/mol. The Morgan fingerprint density at radius 3 is 2.77 bits per heavy atom. The molecule has 2 amide bonds. The van der Waals surface area contributed by atoms with E-state index in [1.807, 2.05) is 29.5 Å². The number of carbonyl (C=O) groups excluding carboxylic acids is 2. The number of hydrogen-bond donors (Lipinski definition) is 3. The Kier molecular flexibility index (Phi) is 7.64. The molecule has 8 heteroatoms. The van der Waals surface area contributed by atoms with Crippen LogP contribution in [0.25, 0.3) is 0 Å². The van der Waals surface area contributed by atoms with E-state index in [-0.39, 0.29) is 5.75 Å². The third-order valence-corrected chi connectivity index (χ3v) is 3.49. The molecule has 1 aromatic rings. The Hall–Kier alpha value is -1.84. The second kappa shape index (κ2) is 9.23. The van der Waals surface area contributed by atoms with Crippen LogP contribution in [0.4, 0.5) is 0 Å². The summed E-state index contributed by atoms with van der Waals surface area (Å²) in [6, 6.07) is 3.23. The monoisotopic (exact) mass is 419 g/mol. The van der Waals surface area contributed by atoms with Gasteiger partial charge in [-0.3, -0.25) is 9.59 Å². The lowest BCUT2D eigenvalue weighted by Gasteiger charge is -2.06. The number of carbonyl (C=O) groups is 2. The first-order valence-electron chi connectivity index (χ1n) is 6.67. The fourth-order valence-corrected chi connectivity index (χ4v) is 2.12. The first-order valence-corrected chi connectivity index (χ1v) is 7.75. The largest absolute Gasteiger partial charge is 0.504 e. The fraction of sp³-hybridized carbons (Fsp3) is 0.357. The summed E-state index contributed by atoms with van der Waals surface area (Å²) in [6.45, 7) is 2.45. The van der Waals surface area contributed by atoms with Crippen molar-refractivity contribution in [1.82, 2.24) is 10.7 Å². The molecule has 0 aliphatic carbocycles. The number of amides is 2. The maximum absolute atomic E-state index is 11.5. The van der Waals surface area contributed by atoms with Gasteiger partial charge in [0.1, 0.15) is 0 Å². The number of ether oxygens (including phenoxy) is 1. The Morgan fingerprint density at radius 2 is 2.14 bits per heavy atom. The zero-order valence-electron chi connectivity index (χ0n) is 12.4. The van der Waals surface area contributed by atoms with E-state index in [1.54, 1.807) is 12.1 Å². The van der Waals surface area contributed by atoms with E-state index in [4.69, 9.17) is 4.74 Å². The molecular formula is C14H18IN3O4. The molecule has 0 radical (unpaired) electrons. The van der Waals surface area contributed by atoms with Crippen LogP contribution in [0.5, 0.6) is 11.5 Å². The summed E-state index contributed by atoms with van der Waals surface area (Å²) in [7, 11) is 1.44. The molecule has 0 fully saturated rings. The molecule has 0 bridgehead atoms. The van der Waals surface area contributed by atoms with Gasteiger partial charge in [-0.25, -0.2) is 5.43 Å². The average Bonchev–Trinajstić information content (AvgIpc) is 2.50. The van der Waals surface area contributed by atoms with E-state index in [1.165, 1.54) is 13.3 Å². The van der Waals surface area contributed by atoms with Crippen LogP contribution in [0, 0.1) is 3.57 Å². The topological polar surface area (TPSA) is 100 Å². The number of benzene rings is 1. The molecule has 0 heterocycles. The van der Waals surface area contributed by atoms with Crippen molar-refractivity contribution in [1.29, 1.82) is 0 Å². The van der Waals surface area contributed by atoms with E-state index in [2.05, 4.69) is 15.8 Å². The maximum atomic E-state index is 11.5. The van der Waals surface area contributed by atoms with Crippen LogP contribution >= 0.6 is 22.6 Å². The lowest BCUT2D eigenvalue weighted by molar-refractivity contribution is -0.139. The molecular weight excluding hydrogens is 401 g/mol. The second-order valence-corrected chi connectivity index (χ2v) is 5.52. The Bertz CT molecular complexity index is 575. The van der Waals surface area contributed by atoms with Crippen molar-refractivity contribution in [3.63, 3.8) is 0 Å². The highest BCUT2D eigenvalue weighted by molar-refractivity contribution is 14.1. The molecule has 0 aliphatic rings. The lowest BCUT2D eigenvalue weighted by Crippen LogP contribution is -2.38. The first-order chi connectivity index (χ1) is 10.5. The molecule has 0 aromatic heterocycles. The Balaban J connectivity index is 2.60. The van der Waals surface area contributed by atoms with Gasteiger partial charge in [-0.1, -0.05) is 13.3 Å². The summed E-state index contributed by atoms with van der Waals surface area (Å²) in [5.74, 6) is -1.20. The third-order valence-electron chi connectivity index (χ3n) is 2.67. The number of methoxy groups -OCH3 is 1. The van der Waals surface area contributed by atoms with Crippen molar-refractivity contribution in [2.75, 3.05) is 13.7 Å². The van der Waals surface area contributed by atoms with Crippen LogP contribution in [-0.4, -0.2) is 36.8 Å². The maximum Gasteiger partial charge on any atom is 0.329 e. The quantitative estimate of drug-likeness (QED) is 0.213. The highest BCUT2D eigenvalue weighted by Crippen LogP contribution is 2.31. The molecule has 0 aliphatic heterocycles. The second-order valence-electron chi connectivity index (χ2n) is 4.36. The molecule has 0 saturated carbocycles. The Morgan fingerprint density at radius 1 is 1.41 bits per heavy atom. The molecule has 1 aromatic carbocycles. The van der Waals surface area contributed by atoms with E-state index in [0.29, 0.717) is 21.4 Å². The number of aromatic hydroxyl groups is 1. The van der Waals surface area contributed by atoms with Crippen molar-refractivity contribution in [3.8, 4) is 11.5 Å². The molecule has 1 rings (SSSR count). The van der Waals surface area contributed by atoms with Crippen LogP contribution < -0.4 is 15.5 Å². The summed E-state index contributed by atoms with van der Waals surface area (Å²) >= 11 is 1.95. The van der Waals surface area contributed by atoms with Gasteiger partial charge < -0.3 is 15.2 Å². The molecule has 7 nitrogen and oxygen atoms in total. The van der Waals surface area contributed by atoms with Crippen molar-refractivity contribution in [2.45, 2.75) is 19.8 Å². The van der Waals surface area contributed by atoms with Gasteiger partial charge in [-0.15, -0.1) is 0 Å². The Labute approximate surface area is 142 Å². The lowest BCUT2D eigenvalue weighted by atomic mass is 10.2. The SMILES string of the molecule is CCCCNC(=O)C(=O)N/N=C\c1cc(I)c(O)c(OC)c1. The van der Waals surface area contributed by atoms with E-state index in [9.17, 15) is 14.7 Å². The smallest absolute Gasteiger partial charge is 0.329 e. The van der Waals surface area contributed by atoms with Gasteiger partial charge >= 0.3 is 11.8 Å². The predicted octanol–water partition coefficient (Wildman–Crippen LogP) is 1.37. The fourth-order valence-electron chi connectivity index (χ4n) is 1.50. The summed E-state index contributed by atoms with van der Waals surface area (Å²) in [4.78, 5) is 22.9. The van der Waals surface area contributed by atoms with E-state index in [0.717, 1.165) is 12.8 Å². The molecule has 3 N–H and O–H groups in total. The molecule has 22 heavy (non-hydrogen) atoms. The molecule has 120 valence electrons. The van der Waals surface area contributed by atoms with Crippen LogP contribution in [0.3, 0.4) is 0 Å². The zero-order chi connectivity index (χ0) is 16.5. The molecule has 0 atom stereocenters. The highest BCUT2D eigenvalue weighted by atomic mass is 127. The first kappa shape index (κ1) is 18.2. The van der Waals surface area contributed by atoms with Gasteiger partial charge in [0.05, 0.1) is 16.9 Å². The number of nitrogens with one attached hydrogen (secondary N) is 2. The van der Waals surface area contributed by atoms with Gasteiger partial charge in [0.25, 0.3) is 0 Å². The van der Waals surface area contributed by atoms with Gasteiger partial charge in [-0.2, -0.15) is 5.10 Å². The van der Waals surface area contributed by atoms with Crippen molar-refractivity contribution in [2.24, 2.45) is 5.10 Å². The van der Waals surface area contributed by atoms with E-state index < -0.39 is 11.8 Å². The van der Waals surface area contributed by atoms with Crippen LogP contribution in [0.15, 0.2) is 17.2 Å². The number of hydrogen-bond acceptors (Lipinski definition) is 5. The molecule has 0 saturated heterocycles. The number of halogens is 1. The van der Waals surface area contributed by atoms with Crippen LogP contribution in [0.1, 0.15) is 25.3 Å².